The van der Waals surface area contributed by atoms with E-state index in [0.717, 1.165) is 0 Å². The van der Waals surface area contributed by atoms with Crippen LogP contribution in [-0.2, 0) is 5.66 Å². The molecule has 2 rings (SSSR count). The molecule has 2 nitrogen and oxygen atoms in total. The molecule has 0 bridgehead atoms. The predicted octanol–water partition coefficient (Wildman–Crippen LogP) is 1.31. The lowest BCUT2D eigenvalue weighted by molar-refractivity contribution is 0.510. The van der Waals surface area contributed by atoms with Crippen molar-refractivity contribution in [3.8, 4) is 0 Å². The summed E-state index contributed by atoms with van der Waals surface area (Å²) in [6, 6.07) is 10.4. The van der Waals surface area contributed by atoms with E-state index in [1.165, 1.54) is 5.56 Å². The molecule has 1 aliphatic heterocycles. The third kappa shape index (κ3) is 0.951. The van der Waals surface area contributed by atoms with E-state index in [-0.39, 0.29) is 5.66 Å². The van der Waals surface area contributed by atoms with E-state index in [1.54, 1.807) is 0 Å². The topological polar surface area (TPSA) is 25.0 Å². The summed E-state index contributed by atoms with van der Waals surface area (Å²) in [6.07, 6.45) is 0. The summed E-state index contributed by atoms with van der Waals surface area (Å²) in [5, 5.41) is 2.10. The van der Waals surface area contributed by atoms with Gasteiger partial charge in [0.2, 0.25) is 0 Å². The number of benzene rings is 1. The van der Waals surface area contributed by atoms with Crippen molar-refractivity contribution < 1.29 is 0 Å². The molecule has 0 aliphatic carbocycles. The van der Waals surface area contributed by atoms with E-state index in [0.29, 0.717) is 0 Å². The Morgan fingerprint density at radius 1 is 1.27 bits per heavy atom. The molecule has 0 aromatic heterocycles. The highest BCUT2D eigenvalue weighted by molar-refractivity contribution is 5.26. The van der Waals surface area contributed by atoms with Crippen LogP contribution < -0.4 is 5.43 Å². The average Bonchev–Trinajstić information content (AvgIpc) is 2.64. The molecule has 0 saturated carbocycles. The molecule has 1 aromatic rings. The van der Waals surface area contributed by atoms with Gasteiger partial charge in [-0.05, 0) is 12.5 Å². The van der Waals surface area contributed by atoms with Crippen LogP contribution in [0.3, 0.4) is 0 Å². The molecule has 1 aliphatic rings. The van der Waals surface area contributed by atoms with Gasteiger partial charge in [-0.1, -0.05) is 30.3 Å². The Balaban J connectivity index is 2.32. The third-order valence-corrected chi connectivity index (χ3v) is 2.34. The van der Waals surface area contributed by atoms with Crippen molar-refractivity contribution in [2.45, 2.75) is 12.6 Å². The van der Waals surface area contributed by atoms with Gasteiger partial charge < -0.3 is 0 Å². The van der Waals surface area contributed by atoms with Crippen molar-refractivity contribution in [3.63, 3.8) is 0 Å². The first-order valence-corrected chi connectivity index (χ1v) is 3.81. The van der Waals surface area contributed by atoms with Crippen LogP contribution >= 0.6 is 0 Å². The molecular formula is C9H12N2. The van der Waals surface area contributed by atoms with Crippen molar-refractivity contribution in [1.29, 1.82) is 0 Å². The van der Waals surface area contributed by atoms with Crippen LogP contribution in [0.25, 0.3) is 0 Å². The van der Waals surface area contributed by atoms with Gasteiger partial charge in [0.05, 0.1) is 0 Å². The van der Waals surface area contributed by atoms with Gasteiger partial charge in [-0.15, -0.1) is 0 Å². The highest BCUT2D eigenvalue weighted by atomic mass is 15.8. The molecule has 2 atom stereocenters. The fourth-order valence-corrected chi connectivity index (χ4v) is 1.32. The molecule has 2 unspecified atom stereocenters. The van der Waals surface area contributed by atoms with Crippen molar-refractivity contribution in [2.75, 3.05) is 7.05 Å². The highest BCUT2D eigenvalue weighted by Crippen LogP contribution is 2.33. The van der Waals surface area contributed by atoms with E-state index in [4.69, 9.17) is 0 Å². The maximum atomic E-state index is 3.26. The van der Waals surface area contributed by atoms with Crippen molar-refractivity contribution >= 4 is 0 Å². The molecule has 0 spiro atoms. The van der Waals surface area contributed by atoms with Gasteiger partial charge in [0.25, 0.3) is 0 Å². The van der Waals surface area contributed by atoms with Gasteiger partial charge in [0.15, 0.2) is 0 Å². The number of hydrogen-bond acceptors (Lipinski definition) is 2. The normalized spacial score (nSPS) is 35.3. The van der Waals surface area contributed by atoms with Crippen LogP contribution in [0.4, 0.5) is 0 Å². The van der Waals surface area contributed by atoms with Crippen molar-refractivity contribution in [2.24, 2.45) is 0 Å². The minimum absolute atomic E-state index is 0.0846. The second-order valence-electron chi connectivity index (χ2n) is 3.11. The number of nitrogens with one attached hydrogen (secondary N) is 1. The first kappa shape index (κ1) is 6.83. The number of nitrogens with zero attached hydrogens (tertiary/aromatic N) is 1. The lowest BCUT2D eigenvalue weighted by Crippen LogP contribution is -2.08. The summed E-state index contributed by atoms with van der Waals surface area (Å²) in [5.74, 6) is 0. The zero-order chi connectivity index (χ0) is 7.90. The van der Waals surface area contributed by atoms with E-state index in [1.807, 2.05) is 13.1 Å². The Morgan fingerprint density at radius 3 is 2.27 bits per heavy atom. The first-order valence-electron chi connectivity index (χ1n) is 3.81. The minimum Gasteiger partial charge on any atom is -0.228 e. The molecule has 1 saturated heterocycles. The summed E-state index contributed by atoms with van der Waals surface area (Å²) in [7, 11) is 2.05. The van der Waals surface area contributed by atoms with Crippen LogP contribution in [0, 0.1) is 0 Å². The van der Waals surface area contributed by atoms with E-state index in [9.17, 15) is 0 Å². The summed E-state index contributed by atoms with van der Waals surface area (Å²) >= 11 is 0. The maximum Gasteiger partial charge on any atom is 0.120 e. The molecule has 1 heterocycles. The first-order chi connectivity index (χ1) is 5.23. The second-order valence-corrected chi connectivity index (χ2v) is 3.11. The fraction of sp³-hybridized carbons (Fsp3) is 0.333. The van der Waals surface area contributed by atoms with Gasteiger partial charge in [-0.3, -0.25) is 0 Å². The van der Waals surface area contributed by atoms with Crippen LogP contribution in [-0.4, -0.2) is 12.1 Å². The van der Waals surface area contributed by atoms with Crippen LogP contribution in [0.15, 0.2) is 30.3 Å². The molecule has 1 aromatic carbocycles. The zero-order valence-electron chi connectivity index (χ0n) is 6.83. The third-order valence-electron chi connectivity index (χ3n) is 2.34. The van der Waals surface area contributed by atoms with Gasteiger partial charge in [-0.2, -0.15) is 0 Å². The lowest BCUT2D eigenvalue weighted by atomic mass is 10.1. The summed E-state index contributed by atoms with van der Waals surface area (Å²) < 4.78 is 0. The standard InChI is InChI=1S/C9H12N2/c1-9(10-11(9)2)8-6-4-3-5-7-8/h3-7,10H,1-2H3. The number of hydrogen-bond donors (Lipinski definition) is 1. The second kappa shape index (κ2) is 2.06. The minimum atomic E-state index is 0.0846. The largest absolute Gasteiger partial charge is 0.228 e. The Hall–Kier alpha value is -0.860. The zero-order valence-corrected chi connectivity index (χ0v) is 6.83. The Labute approximate surface area is 66.8 Å². The number of rotatable bonds is 1. The smallest absolute Gasteiger partial charge is 0.120 e. The quantitative estimate of drug-likeness (QED) is 0.607. The Kier molecular flexibility index (Phi) is 1.28. The fourth-order valence-electron chi connectivity index (χ4n) is 1.32. The Bertz CT molecular complexity index is 258. The van der Waals surface area contributed by atoms with Crippen LogP contribution in [0.1, 0.15) is 12.5 Å². The summed E-state index contributed by atoms with van der Waals surface area (Å²) in [6.45, 7) is 2.17. The van der Waals surface area contributed by atoms with E-state index < -0.39 is 0 Å². The van der Waals surface area contributed by atoms with Gasteiger partial charge in [0.1, 0.15) is 5.66 Å². The monoisotopic (exact) mass is 148 g/mol. The lowest BCUT2D eigenvalue weighted by Gasteiger charge is -2.05. The van der Waals surface area contributed by atoms with Gasteiger partial charge in [-0.25, -0.2) is 10.4 Å². The maximum absolute atomic E-state index is 3.26. The number of hydrazine groups is 1. The van der Waals surface area contributed by atoms with Gasteiger partial charge in [0, 0.05) is 7.05 Å². The van der Waals surface area contributed by atoms with E-state index >= 15 is 0 Å². The molecule has 2 heteroatoms. The van der Waals surface area contributed by atoms with Crippen LogP contribution in [0.2, 0.25) is 0 Å². The molecule has 11 heavy (non-hydrogen) atoms. The molecule has 0 radical (unpaired) electrons. The van der Waals surface area contributed by atoms with Crippen LogP contribution in [0.5, 0.6) is 0 Å². The molecular weight excluding hydrogens is 136 g/mol. The molecule has 1 N–H and O–H groups in total. The molecule has 1 fully saturated rings. The predicted molar refractivity (Wildman–Crippen MR) is 44.7 cm³/mol. The summed E-state index contributed by atoms with van der Waals surface area (Å²) in [5.41, 5.74) is 4.66. The SMILES string of the molecule is CN1NC1(C)c1ccccc1. The molecule has 0 amide bonds. The Morgan fingerprint density at radius 2 is 1.82 bits per heavy atom. The summed E-state index contributed by atoms with van der Waals surface area (Å²) in [4.78, 5) is 0. The van der Waals surface area contributed by atoms with E-state index in [2.05, 4.69) is 41.6 Å². The van der Waals surface area contributed by atoms with Gasteiger partial charge >= 0.3 is 0 Å². The average molecular weight is 148 g/mol. The van der Waals surface area contributed by atoms with Crippen molar-refractivity contribution in [3.05, 3.63) is 35.9 Å². The van der Waals surface area contributed by atoms with Crippen molar-refractivity contribution in [1.82, 2.24) is 10.4 Å². The highest BCUT2D eigenvalue weighted by Gasteiger charge is 2.45. The molecule has 58 valence electrons.